The molecule has 2 aliphatic heterocycles. The molecule has 3 N–H and O–H groups in total. The number of para-hydroxylation sites is 1. The first-order valence-electron chi connectivity index (χ1n) is 10.8. The van der Waals surface area contributed by atoms with Gasteiger partial charge in [0.25, 0.3) is 5.91 Å². The molecule has 2 aliphatic rings. The molecule has 0 bridgehead atoms. The third-order valence-corrected chi connectivity index (χ3v) is 6.22. The molecule has 0 radical (unpaired) electrons. The molecule has 158 valence electrons. The van der Waals surface area contributed by atoms with Crippen molar-refractivity contribution in [3.8, 4) is 0 Å². The lowest BCUT2D eigenvalue weighted by atomic mass is 9.84. The third-order valence-electron chi connectivity index (χ3n) is 6.22. The summed E-state index contributed by atoms with van der Waals surface area (Å²) in [6.45, 7) is 6.13. The van der Waals surface area contributed by atoms with E-state index >= 15 is 0 Å². The maximum atomic E-state index is 12.9. The molecule has 2 atom stereocenters. The zero-order valence-corrected chi connectivity index (χ0v) is 17.4. The Morgan fingerprint density at radius 1 is 1.34 bits per heavy atom. The van der Waals surface area contributed by atoms with Gasteiger partial charge in [-0.1, -0.05) is 18.2 Å². The van der Waals surface area contributed by atoms with Gasteiger partial charge in [-0.2, -0.15) is 5.10 Å². The standard InChI is InChI=1S/C22H32N4O3/c1-15(2)26-19-6-4-3-5-18(19)20(25-26)21(27)24-17-8-7-16(23-14-17)13-22(28)9-11-29-12-10-22/h3-6,15-17,23,28H,7-14H2,1-2H3,(H,24,27)/t16-,17-/m0/s1. The molecule has 1 aromatic heterocycles. The number of aromatic nitrogens is 2. The van der Waals surface area contributed by atoms with E-state index in [9.17, 15) is 9.90 Å². The van der Waals surface area contributed by atoms with E-state index in [1.807, 2.05) is 28.9 Å². The maximum absolute atomic E-state index is 12.9. The lowest BCUT2D eigenvalue weighted by Crippen LogP contribution is -2.52. The van der Waals surface area contributed by atoms with Gasteiger partial charge in [-0.25, -0.2) is 0 Å². The fourth-order valence-corrected chi connectivity index (χ4v) is 4.53. The van der Waals surface area contributed by atoms with Crippen LogP contribution < -0.4 is 10.6 Å². The minimum Gasteiger partial charge on any atom is -0.390 e. The Morgan fingerprint density at radius 2 is 2.10 bits per heavy atom. The van der Waals surface area contributed by atoms with Crippen molar-refractivity contribution in [3.05, 3.63) is 30.0 Å². The van der Waals surface area contributed by atoms with E-state index in [0.717, 1.165) is 30.2 Å². The molecule has 4 rings (SSSR count). The second kappa shape index (κ2) is 8.42. The lowest BCUT2D eigenvalue weighted by Gasteiger charge is -2.38. The van der Waals surface area contributed by atoms with Gasteiger partial charge in [-0.15, -0.1) is 0 Å². The number of hydrogen-bond donors (Lipinski definition) is 3. The van der Waals surface area contributed by atoms with Crippen molar-refractivity contribution in [2.24, 2.45) is 0 Å². The zero-order chi connectivity index (χ0) is 20.4. The molecular formula is C22H32N4O3. The number of rotatable bonds is 5. The van der Waals surface area contributed by atoms with Crippen LogP contribution in [0.3, 0.4) is 0 Å². The van der Waals surface area contributed by atoms with Gasteiger partial charge < -0.3 is 20.5 Å². The van der Waals surface area contributed by atoms with Crippen LogP contribution in [0, 0.1) is 0 Å². The van der Waals surface area contributed by atoms with E-state index in [-0.39, 0.29) is 24.0 Å². The predicted octanol–water partition coefficient (Wildman–Crippen LogP) is 2.40. The smallest absolute Gasteiger partial charge is 0.272 e. The number of amides is 1. The molecule has 7 heteroatoms. The second-order valence-electron chi connectivity index (χ2n) is 8.80. The van der Waals surface area contributed by atoms with Crippen molar-refractivity contribution < 1.29 is 14.6 Å². The number of fused-ring (bicyclic) bond motifs is 1. The lowest BCUT2D eigenvalue weighted by molar-refractivity contribution is -0.0742. The average Bonchev–Trinajstić information content (AvgIpc) is 3.10. The Kier molecular flexibility index (Phi) is 5.90. The molecule has 0 spiro atoms. The number of nitrogens with one attached hydrogen (secondary N) is 2. The fourth-order valence-electron chi connectivity index (χ4n) is 4.53. The second-order valence-corrected chi connectivity index (χ2v) is 8.80. The van der Waals surface area contributed by atoms with Crippen LogP contribution >= 0.6 is 0 Å². The summed E-state index contributed by atoms with van der Waals surface area (Å²) in [7, 11) is 0. The van der Waals surface area contributed by atoms with Crippen molar-refractivity contribution in [2.45, 2.75) is 69.7 Å². The van der Waals surface area contributed by atoms with E-state index < -0.39 is 5.60 Å². The van der Waals surface area contributed by atoms with Gasteiger partial charge in [0.15, 0.2) is 5.69 Å². The molecular weight excluding hydrogens is 368 g/mol. The van der Waals surface area contributed by atoms with Crippen LogP contribution in [0.25, 0.3) is 10.9 Å². The minimum absolute atomic E-state index is 0.0750. The summed E-state index contributed by atoms with van der Waals surface area (Å²) in [6, 6.07) is 8.43. The number of piperidine rings is 1. The molecule has 1 aromatic carbocycles. The molecule has 0 unspecified atom stereocenters. The van der Waals surface area contributed by atoms with Gasteiger partial charge >= 0.3 is 0 Å². The number of aliphatic hydroxyl groups is 1. The highest BCUT2D eigenvalue weighted by atomic mass is 16.5. The highest BCUT2D eigenvalue weighted by molar-refractivity contribution is 6.05. The third kappa shape index (κ3) is 4.47. The van der Waals surface area contributed by atoms with E-state index in [1.54, 1.807) is 0 Å². The number of ether oxygens (including phenoxy) is 1. The molecule has 7 nitrogen and oxygen atoms in total. The molecule has 3 heterocycles. The highest BCUT2D eigenvalue weighted by Crippen LogP contribution is 2.28. The van der Waals surface area contributed by atoms with E-state index in [4.69, 9.17) is 4.74 Å². The van der Waals surface area contributed by atoms with E-state index in [0.29, 0.717) is 38.3 Å². The van der Waals surface area contributed by atoms with Crippen molar-refractivity contribution in [1.29, 1.82) is 0 Å². The van der Waals surface area contributed by atoms with Crippen molar-refractivity contribution in [1.82, 2.24) is 20.4 Å². The van der Waals surface area contributed by atoms with E-state index in [1.165, 1.54) is 0 Å². The molecule has 0 saturated carbocycles. The summed E-state index contributed by atoms with van der Waals surface area (Å²) >= 11 is 0. The first kappa shape index (κ1) is 20.3. The SMILES string of the molecule is CC(C)n1nc(C(=O)N[C@H]2CC[C@@H](CC3(O)CCOCC3)NC2)c2ccccc21. The minimum atomic E-state index is -0.616. The summed E-state index contributed by atoms with van der Waals surface area (Å²) in [4.78, 5) is 12.9. The summed E-state index contributed by atoms with van der Waals surface area (Å²) in [6.07, 6.45) is 4.00. The van der Waals surface area contributed by atoms with Crippen LogP contribution in [-0.4, -0.2) is 58.2 Å². The predicted molar refractivity (Wildman–Crippen MR) is 112 cm³/mol. The molecule has 2 saturated heterocycles. The molecule has 2 fully saturated rings. The Bertz CT molecular complexity index is 849. The summed E-state index contributed by atoms with van der Waals surface area (Å²) in [5.74, 6) is -0.117. The van der Waals surface area contributed by atoms with Crippen LogP contribution in [0.1, 0.15) is 62.5 Å². The largest absolute Gasteiger partial charge is 0.390 e. The van der Waals surface area contributed by atoms with Crippen LogP contribution in [-0.2, 0) is 4.74 Å². The molecule has 2 aromatic rings. The quantitative estimate of drug-likeness (QED) is 0.717. The Hall–Kier alpha value is -1.96. The number of hydrogen-bond acceptors (Lipinski definition) is 5. The number of benzene rings is 1. The van der Waals surface area contributed by atoms with Crippen molar-refractivity contribution >= 4 is 16.8 Å². The van der Waals surface area contributed by atoms with Gasteiger partial charge in [-0.3, -0.25) is 9.48 Å². The van der Waals surface area contributed by atoms with Crippen LogP contribution in [0.2, 0.25) is 0 Å². The van der Waals surface area contributed by atoms with Gasteiger partial charge in [0.05, 0.1) is 11.1 Å². The zero-order valence-electron chi connectivity index (χ0n) is 17.4. The Morgan fingerprint density at radius 3 is 2.79 bits per heavy atom. The molecule has 29 heavy (non-hydrogen) atoms. The highest BCUT2D eigenvalue weighted by Gasteiger charge is 2.34. The Balaban J connectivity index is 1.36. The summed E-state index contributed by atoms with van der Waals surface area (Å²) in [5, 5.41) is 22.9. The van der Waals surface area contributed by atoms with Crippen LogP contribution in [0.15, 0.2) is 24.3 Å². The number of carbonyl (C=O) groups excluding carboxylic acids is 1. The van der Waals surface area contributed by atoms with Gasteiger partial charge in [0.2, 0.25) is 0 Å². The van der Waals surface area contributed by atoms with Gasteiger partial charge in [0, 0.05) is 43.3 Å². The summed E-state index contributed by atoms with van der Waals surface area (Å²) in [5.41, 5.74) is 0.862. The van der Waals surface area contributed by atoms with Crippen LogP contribution in [0.4, 0.5) is 0 Å². The van der Waals surface area contributed by atoms with Gasteiger partial charge in [-0.05, 0) is 52.0 Å². The summed E-state index contributed by atoms with van der Waals surface area (Å²) < 4.78 is 7.28. The monoisotopic (exact) mass is 400 g/mol. The van der Waals surface area contributed by atoms with Crippen LogP contribution in [0.5, 0.6) is 0 Å². The van der Waals surface area contributed by atoms with Gasteiger partial charge in [0.1, 0.15) is 0 Å². The maximum Gasteiger partial charge on any atom is 0.272 e. The first-order chi connectivity index (χ1) is 14.0. The first-order valence-corrected chi connectivity index (χ1v) is 10.8. The van der Waals surface area contributed by atoms with E-state index in [2.05, 4.69) is 29.6 Å². The molecule has 1 amide bonds. The number of nitrogens with zero attached hydrogens (tertiary/aromatic N) is 2. The Labute approximate surface area is 171 Å². The van der Waals surface area contributed by atoms with Crippen molar-refractivity contribution in [3.63, 3.8) is 0 Å². The topological polar surface area (TPSA) is 88.4 Å². The average molecular weight is 401 g/mol. The fraction of sp³-hybridized carbons (Fsp3) is 0.636. The van der Waals surface area contributed by atoms with Crippen molar-refractivity contribution in [2.75, 3.05) is 19.8 Å². The molecule has 0 aliphatic carbocycles. The number of carbonyl (C=O) groups is 1. The normalized spacial score (nSPS) is 24.7.